The normalized spacial score (nSPS) is 11.8. The topological polar surface area (TPSA) is 48.7 Å². The van der Waals surface area contributed by atoms with Gasteiger partial charge in [0.05, 0.1) is 5.56 Å². The van der Waals surface area contributed by atoms with Crippen molar-refractivity contribution in [1.29, 1.82) is 5.26 Å². The van der Waals surface area contributed by atoms with Gasteiger partial charge < -0.3 is 5.32 Å². The monoisotopic (exact) mass is 257 g/mol. The molecular weight excluding hydrogens is 242 g/mol. The molecule has 1 N–H and O–H groups in total. The molecule has 18 heavy (non-hydrogen) atoms. The van der Waals surface area contributed by atoms with Gasteiger partial charge in [-0.3, -0.25) is 0 Å². The van der Waals surface area contributed by atoms with Crippen LogP contribution in [-0.2, 0) is 6.42 Å². The summed E-state index contributed by atoms with van der Waals surface area (Å²) in [6.07, 6.45) is 2.68. The molecule has 92 valence electrons. The van der Waals surface area contributed by atoms with Crippen LogP contribution in [0.15, 0.2) is 29.8 Å². The van der Waals surface area contributed by atoms with Crippen LogP contribution in [0, 0.1) is 18.3 Å². The van der Waals surface area contributed by atoms with Crippen molar-refractivity contribution < 1.29 is 0 Å². The molecule has 0 aromatic carbocycles. The summed E-state index contributed by atoms with van der Waals surface area (Å²) in [7, 11) is 0. The van der Waals surface area contributed by atoms with Gasteiger partial charge in [-0.05, 0) is 36.9 Å². The molecule has 2 aromatic rings. The maximum Gasteiger partial charge on any atom is 0.144 e. The molecule has 4 heteroatoms. The van der Waals surface area contributed by atoms with Crippen LogP contribution in [0.25, 0.3) is 0 Å². The first-order valence-electron chi connectivity index (χ1n) is 5.85. The lowest BCUT2D eigenvalue weighted by Gasteiger charge is -2.15. The number of hydrogen-bond donors (Lipinski definition) is 1. The van der Waals surface area contributed by atoms with Gasteiger partial charge in [0.15, 0.2) is 0 Å². The van der Waals surface area contributed by atoms with Gasteiger partial charge in [0.25, 0.3) is 0 Å². The zero-order valence-corrected chi connectivity index (χ0v) is 11.3. The maximum absolute atomic E-state index is 9.14. The Hall–Kier alpha value is -1.86. The Morgan fingerprint density at radius 1 is 1.50 bits per heavy atom. The Kier molecular flexibility index (Phi) is 3.96. The van der Waals surface area contributed by atoms with Crippen LogP contribution < -0.4 is 5.32 Å². The predicted octanol–water partition coefficient (Wildman–Crippen LogP) is 3.37. The van der Waals surface area contributed by atoms with E-state index in [0.717, 1.165) is 12.0 Å². The molecule has 0 amide bonds. The summed E-state index contributed by atoms with van der Waals surface area (Å²) in [4.78, 5) is 5.58. The van der Waals surface area contributed by atoms with Crippen molar-refractivity contribution in [3.05, 3.63) is 45.8 Å². The predicted molar refractivity (Wildman–Crippen MR) is 74.8 cm³/mol. The number of nitrogens with one attached hydrogen (secondary N) is 1. The van der Waals surface area contributed by atoms with E-state index in [1.165, 1.54) is 4.88 Å². The molecule has 3 nitrogen and oxygen atoms in total. The van der Waals surface area contributed by atoms with Crippen molar-refractivity contribution in [2.75, 3.05) is 5.32 Å². The summed E-state index contributed by atoms with van der Waals surface area (Å²) < 4.78 is 0. The molecule has 0 saturated heterocycles. The Bertz CT molecular complexity index is 555. The van der Waals surface area contributed by atoms with Crippen molar-refractivity contribution in [2.24, 2.45) is 0 Å². The number of rotatable bonds is 4. The second kappa shape index (κ2) is 5.65. The van der Waals surface area contributed by atoms with Crippen molar-refractivity contribution in [3.8, 4) is 6.07 Å². The van der Waals surface area contributed by atoms with Gasteiger partial charge in [-0.1, -0.05) is 6.07 Å². The van der Waals surface area contributed by atoms with E-state index in [9.17, 15) is 0 Å². The second-order valence-electron chi connectivity index (χ2n) is 4.29. The molecule has 0 aliphatic carbocycles. The molecule has 1 unspecified atom stereocenters. The number of thiophene rings is 1. The molecule has 0 saturated carbocycles. The second-order valence-corrected chi connectivity index (χ2v) is 5.32. The van der Waals surface area contributed by atoms with Gasteiger partial charge >= 0.3 is 0 Å². The van der Waals surface area contributed by atoms with E-state index < -0.39 is 0 Å². The van der Waals surface area contributed by atoms with E-state index in [2.05, 4.69) is 40.8 Å². The molecule has 2 rings (SSSR count). The third-order valence-corrected chi connectivity index (χ3v) is 3.64. The molecule has 0 radical (unpaired) electrons. The number of nitrogens with zero attached hydrogens (tertiary/aromatic N) is 2. The summed E-state index contributed by atoms with van der Waals surface area (Å²) in [5, 5.41) is 14.5. The summed E-state index contributed by atoms with van der Waals surface area (Å²) in [5.41, 5.74) is 1.59. The smallest absolute Gasteiger partial charge is 0.144 e. The summed E-state index contributed by atoms with van der Waals surface area (Å²) in [6.45, 7) is 4.03. The number of nitriles is 1. The summed E-state index contributed by atoms with van der Waals surface area (Å²) in [6, 6.07) is 8.49. The van der Waals surface area contributed by atoms with E-state index in [4.69, 9.17) is 5.26 Å². The van der Waals surface area contributed by atoms with E-state index in [-0.39, 0.29) is 6.04 Å². The molecule has 0 bridgehead atoms. The van der Waals surface area contributed by atoms with Crippen LogP contribution in [0.3, 0.4) is 0 Å². The van der Waals surface area contributed by atoms with Crippen molar-refractivity contribution in [1.82, 2.24) is 4.98 Å². The molecule has 0 fully saturated rings. The van der Waals surface area contributed by atoms with E-state index in [1.54, 1.807) is 17.5 Å². The molecule has 0 spiro atoms. The lowest BCUT2D eigenvalue weighted by atomic mass is 10.1. The highest BCUT2D eigenvalue weighted by molar-refractivity contribution is 7.09. The van der Waals surface area contributed by atoms with Crippen molar-refractivity contribution in [3.63, 3.8) is 0 Å². The quantitative estimate of drug-likeness (QED) is 0.913. The summed E-state index contributed by atoms with van der Waals surface area (Å²) in [5.74, 6) is 0.682. The Morgan fingerprint density at radius 2 is 2.33 bits per heavy atom. The highest BCUT2D eigenvalue weighted by Gasteiger charge is 2.10. The lowest BCUT2D eigenvalue weighted by Crippen LogP contribution is -2.19. The Labute approximate surface area is 111 Å². The lowest BCUT2D eigenvalue weighted by molar-refractivity contribution is 0.793. The number of anilines is 1. The minimum Gasteiger partial charge on any atom is -0.366 e. The molecular formula is C14H15N3S. The Balaban J connectivity index is 2.10. The van der Waals surface area contributed by atoms with Crippen LogP contribution in [0.1, 0.15) is 22.9 Å². The third kappa shape index (κ3) is 2.88. The van der Waals surface area contributed by atoms with E-state index in [0.29, 0.717) is 11.4 Å². The molecule has 0 aliphatic rings. The van der Waals surface area contributed by atoms with Crippen LogP contribution in [-0.4, -0.2) is 11.0 Å². The zero-order chi connectivity index (χ0) is 13.0. The highest BCUT2D eigenvalue weighted by Crippen LogP contribution is 2.18. The fraction of sp³-hybridized carbons (Fsp3) is 0.286. The average molecular weight is 257 g/mol. The van der Waals surface area contributed by atoms with Gasteiger partial charge in [0.2, 0.25) is 0 Å². The van der Waals surface area contributed by atoms with Gasteiger partial charge in [-0.15, -0.1) is 11.3 Å². The first-order chi connectivity index (χ1) is 8.70. The number of aryl methyl sites for hydroxylation is 1. The highest BCUT2D eigenvalue weighted by atomic mass is 32.1. The van der Waals surface area contributed by atoms with Crippen LogP contribution in [0.2, 0.25) is 0 Å². The minimum atomic E-state index is 0.255. The van der Waals surface area contributed by atoms with Crippen LogP contribution >= 0.6 is 11.3 Å². The fourth-order valence-electron chi connectivity index (χ4n) is 1.82. The fourth-order valence-corrected chi connectivity index (χ4v) is 2.66. The van der Waals surface area contributed by atoms with E-state index >= 15 is 0 Å². The van der Waals surface area contributed by atoms with Crippen LogP contribution in [0.5, 0.6) is 0 Å². The molecule has 2 aromatic heterocycles. The van der Waals surface area contributed by atoms with Gasteiger partial charge in [0, 0.05) is 23.5 Å². The third-order valence-electron chi connectivity index (χ3n) is 2.74. The SMILES string of the molecule is Cc1ccnc(NC(C)Cc2cccs2)c1C#N. The molecule has 0 aliphatic heterocycles. The average Bonchev–Trinajstić information content (AvgIpc) is 2.82. The molecule has 1 atom stereocenters. The minimum absolute atomic E-state index is 0.255. The first kappa shape index (κ1) is 12.6. The number of aromatic nitrogens is 1. The van der Waals surface area contributed by atoms with E-state index in [1.807, 2.05) is 13.0 Å². The van der Waals surface area contributed by atoms with Gasteiger partial charge in [0.1, 0.15) is 11.9 Å². The Morgan fingerprint density at radius 3 is 3.00 bits per heavy atom. The van der Waals surface area contributed by atoms with Gasteiger partial charge in [-0.2, -0.15) is 5.26 Å². The maximum atomic E-state index is 9.14. The molecule has 2 heterocycles. The first-order valence-corrected chi connectivity index (χ1v) is 6.73. The zero-order valence-electron chi connectivity index (χ0n) is 10.5. The van der Waals surface area contributed by atoms with Gasteiger partial charge in [-0.25, -0.2) is 4.98 Å². The van der Waals surface area contributed by atoms with Crippen molar-refractivity contribution in [2.45, 2.75) is 26.3 Å². The summed E-state index contributed by atoms with van der Waals surface area (Å²) >= 11 is 1.75. The van der Waals surface area contributed by atoms with Crippen LogP contribution in [0.4, 0.5) is 5.82 Å². The largest absolute Gasteiger partial charge is 0.366 e. The standard InChI is InChI=1S/C14H15N3S/c1-10-5-6-16-14(13(10)9-15)17-11(2)8-12-4-3-7-18-12/h3-7,11H,8H2,1-2H3,(H,16,17). The number of pyridine rings is 1. The number of hydrogen-bond acceptors (Lipinski definition) is 4. The van der Waals surface area contributed by atoms with Crippen molar-refractivity contribution >= 4 is 17.2 Å².